The molecule has 0 saturated carbocycles. The number of nitrogens with zero attached hydrogens (tertiary/aromatic N) is 1. The molecule has 12 heavy (non-hydrogen) atoms. The van der Waals surface area contributed by atoms with Crippen molar-refractivity contribution in [2.24, 2.45) is 0 Å². The molecule has 1 aromatic rings. The van der Waals surface area contributed by atoms with E-state index in [1.54, 1.807) is 6.92 Å². The summed E-state index contributed by atoms with van der Waals surface area (Å²) in [5.74, 6) is 0. The predicted molar refractivity (Wildman–Crippen MR) is 43.5 cm³/mol. The summed E-state index contributed by atoms with van der Waals surface area (Å²) in [6.45, 7) is 1.56. The Hall–Kier alpha value is -1.36. The van der Waals surface area contributed by atoms with E-state index < -0.39 is 16.2 Å². The molecule has 0 unspecified atom stereocenters. The summed E-state index contributed by atoms with van der Waals surface area (Å²) in [5.41, 5.74) is -0.847. The molecular weight excluding hydrogens is 184 g/mol. The van der Waals surface area contributed by atoms with E-state index in [4.69, 9.17) is 11.6 Å². The third kappa shape index (κ3) is 1.45. The molecule has 1 aromatic heterocycles. The number of aromatic amines is 1. The number of hydrogen-bond donors (Lipinski definition) is 1. The molecule has 0 aliphatic carbocycles. The predicted octanol–water partition coefficient (Wildman–Crippen LogP) is 1.24. The average Bonchev–Trinajstić information content (AvgIpc) is 1.96. The SMILES string of the molecule is Cc1[nH]c(=O)c([N+](=O)[O-])cc1Cl. The highest BCUT2D eigenvalue weighted by atomic mass is 35.5. The topological polar surface area (TPSA) is 76.0 Å². The van der Waals surface area contributed by atoms with E-state index in [0.29, 0.717) is 5.69 Å². The van der Waals surface area contributed by atoms with Gasteiger partial charge in [-0.2, -0.15) is 0 Å². The van der Waals surface area contributed by atoms with Crippen LogP contribution in [0.15, 0.2) is 10.9 Å². The molecule has 1 rings (SSSR count). The van der Waals surface area contributed by atoms with Gasteiger partial charge in [-0.3, -0.25) is 14.9 Å². The molecule has 1 N–H and O–H groups in total. The maximum Gasteiger partial charge on any atom is 0.335 e. The third-order valence-electron chi connectivity index (χ3n) is 1.35. The number of H-pyrrole nitrogens is 1. The highest BCUT2D eigenvalue weighted by Crippen LogP contribution is 2.15. The molecule has 0 radical (unpaired) electrons. The van der Waals surface area contributed by atoms with Crippen molar-refractivity contribution in [3.8, 4) is 0 Å². The summed E-state index contributed by atoms with van der Waals surface area (Å²) in [4.78, 5) is 22.6. The summed E-state index contributed by atoms with van der Waals surface area (Å²) in [7, 11) is 0. The molecule has 0 saturated heterocycles. The van der Waals surface area contributed by atoms with E-state index in [1.165, 1.54) is 0 Å². The van der Waals surface area contributed by atoms with Crippen molar-refractivity contribution >= 4 is 17.3 Å². The first-order valence-electron chi connectivity index (χ1n) is 3.06. The summed E-state index contributed by atoms with van der Waals surface area (Å²) in [5, 5.41) is 10.4. The van der Waals surface area contributed by atoms with Gasteiger partial charge in [0.1, 0.15) is 0 Å². The second-order valence-electron chi connectivity index (χ2n) is 2.21. The number of aryl methyl sites for hydroxylation is 1. The molecule has 1 heterocycles. The average molecular weight is 189 g/mol. The van der Waals surface area contributed by atoms with E-state index in [0.717, 1.165) is 6.07 Å². The van der Waals surface area contributed by atoms with Crippen molar-refractivity contribution < 1.29 is 4.92 Å². The zero-order chi connectivity index (χ0) is 9.30. The molecule has 6 heteroatoms. The highest BCUT2D eigenvalue weighted by Gasteiger charge is 2.13. The second kappa shape index (κ2) is 2.94. The summed E-state index contributed by atoms with van der Waals surface area (Å²) >= 11 is 5.56. The fourth-order valence-electron chi connectivity index (χ4n) is 0.723. The summed E-state index contributed by atoms with van der Waals surface area (Å²) in [6, 6.07) is 1.04. The van der Waals surface area contributed by atoms with Gasteiger partial charge in [-0.1, -0.05) is 11.6 Å². The van der Waals surface area contributed by atoms with E-state index in [-0.39, 0.29) is 5.02 Å². The highest BCUT2D eigenvalue weighted by molar-refractivity contribution is 6.31. The molecule has 0 atom stereocenters. The smallest absolute Gasteiger partial charge is 0.319 e. The third-order valence-corrected chi connectivity index (χ3v) is 1.74. The lowest BCUT2D eigenvalue weighted by Crippen LogP contribution is -2.12. The Labute approximate surface area is 72.1 Å². The van der Waals surface area contributed by atoms with Crippen LogP contribution in [-0.4, -0.2) is 9.91 Å². The van der Waals surface area contributed by atoms with Crippen LogP contribution in [0.25, 0.3) is 0 Å². The first-order valence-corrected chi connectivity index (χ1v) is 3.44. The summed E-state index contributed by atoms with van der Waals surface area (Å²) < 4.78 is 0. The Kier molecular flexibility index (Phi) is 2.14. The molecule has 0 aromatic carbocycles. The van der Waals surface area contributed by atoms with Gasteiger partial charge >= 0.3 is 11.2 Å². The van der Waals surface area contributed by atoms with Crippen LogP contribution in [0.3, 0.4) is 0 Å². The zero-order valence-electron chi connectivity index (χ0n) is 6.13. The first-order chi connectivity index (χ1) is 5.52. The van der Waals surface area contributed by atoms with Crippen molar-refractivity contribution in [2.75, 3.05) is 0 Å². The molecule has 0 aliphatic heterocycles. The van der Waals surface area contributed by atoms with E-state index in [2.05, 4.69) is 4.98 Å². The summed E-state index contributed by atoms with van der Waals surface area (Å²) in [6.07, 6.45) is 0. The number of nitrogens with one attached hydrogen (secondary N) is 1. The van der Waals surface area contributed by atoms with Gasteiger partial charge in [0.2, 0.25) is 0 Å². The minimum absolute atomic E-state index is 0.182. The second-order valence-corrected chi connectivity index (χ2v) is 2.62. The number of aromatic nitrogens is 1. The number of pyridine rings is 1. The molecule has 5 nitrogen and oxygen atoms in total. The van der Waals surface area contributed by atoms with Crippen LogP contribution in [0, 0.1) is 17.0 Å². The normalized spacial score (nSPS) is 9.83. The van der Waals surface area contributed by atoms with Crippen LogP contribution in [0.4, 0.5) is 5.69 Å². The van der Waals surface area contributed by atoms with Crippen molar-refractivity contribution in [1.82, 2.24) is 4.98 Å². The Bertz CT molecular complexity index is 385. The maximum absolute atomic E-state index is 10.9. The van der Waals surface area contributed by atoms with Gasteiger partial charge in [0, 0.05) is 11.8 Å². The monoisotopic (exact) mass is 188 g/mol. The molecule has 0 spiro atoms. The van der Waals surface area contributed by atoms with Crippen molar-refractivity contribution in [3.05, 3.63) is 37.3 Å². The van der Waals surface area contributed by atoms with E-state index >= 15 is 0 Å². The number of nitro groups is 1. The molecule has 64 valence electrons. The van der Waals surface area contributed by atoms with Crippen molar-refractivity contribution in [1.29, 1.82) is 0 Å². The number of halogens is 1. The van der Waals surface area contributed by atoms with Crippen molar-refractivity contribution in [3.63, 3.8) is 0 Å². The largest absolute Gasteiger partial charge is 0.335 e. The minimum atomic E-state index is -0.774. The standard InChI is InChI=1S/C6H5ClN2O3/c1-3-4(7)2-5(9(11)12)6(10)8-3/h2H,1H3,(H,8,10). The lowest BCUT2D eigenvalue weighted by molar-refractivity contribution is -0.386. The lowest BCUT2D eigenvalue weighted by atomic mass is 10.3. The van der Waals surface area contributed by atoms with Gasteiger partial charge in [-0.15, -0.1) is 0 Å². The molecule has 0 amide bonds. The van der Waals surface area contributed by atoms with Crippen LogP contribution < -0.4 is 5.56 Å². The first kappa shape index (κ1) is 8.73. The molecule has 0 fully saturated rings. The fraction of sp³-hybridized carbons (Fsp3) is 0.167. The maximum atomic E-state index is 10.9. The fourth-order valence-corrected chi connectivity index (χ4v) is 0.874. The number of rotatable bonds is 1. The van der Waals surface area contributed by atoms with Gasteiger partial charge < -0.3 is 4.98 Å². The number of hydrogen-bond acceptors (Lipinski definition) is 3. The van der Waals surface area contributed by atoms with Gasteiger partial charge in [-0.25, -0.2) is 0 Å². The van der Waals surface area contributed by atoms with Crippen LogP contribution in [0.1, 0.15) is 5.69 Å². The quantitative estimate of drug-likeness (QED) is 0.532. The van der Waals surface area contributed by atoms with Crippen molar-refractivity contribution in [2.45, 2.75) is 6.92 Å². The zero-order valence-corrected chi connectivity index (χ0v) is 6.88. The van der Waals surface area contributed by atoms with E-state index in [9.17, 15) is 14.9 Å². The minimum Gasteiger partial charge on any atom is -0.319 e. The van der Waals surface area contributed by atoms with Gasteiger partial charge in [-0.05, 0) is 6.92 Å². The Morgan fingerprint density at radius 3 is 2.75 bits per heavy atom. The lowest BCUT2D eigenvalue weighted by Gasteiger charge is -1.95. The Morgan fingerprint density at radius 2 is 2.25 bits per heavy atom. The molecule has 0 aliphatic rings. The Morgan fingerprint density at radius 1 is 1.67 bits per heavy atom. The Balaban J connectivity index is 3.43. The van der Waals surface area contributed by atoms with Crippen LogP contribution >= 0.6 is 11.6 Å². The molecule has 0 bridgehead atoms. The molecular formula is C6H5ClN2O3. The van der Waals surface area contributed by atoms with Gasteiger partial charge in [0.25, 0.3) is 0 Å². The van der Waals surface area contributed by atoms with Gasteiger partial charge in [0.05, 0.1) is 9.95 Å². The van der Waals surface area contributed by atoms with Crippen LogP contribution in [0.5, 0.6) is 0 Å². The van der Waals surface area contributed by atoms with E-state index in [1.807, 2.05) is 0 Å². The van der Waals surface area contributed by atoms with Crippen LogP contribution in [-0.2, 0) is 0 Å². The van der Waals surface area contributed by atoms with Gasteiger partial charge in [0.15, 0.2) is 0 Å². The van der Waals surface area contributed by atoms with Crippen LogP contribution in [0.2, 0.25) is 5.02 Å².